The van der Waals surface area contributed by atoms with Crippen LogP contribution in [0.25, 0.3) is 0 Å². The molecule has 96 valence electrons. The Morgan fingerprint density at radius 3 is 2.41 bits per heavy atom. The lowest BCUT2D eigenvalue weighted by Gasteiger charge is -2.27. The summed E-state index contributed by atoms with van der Waals surface area (Å²) in [4.78, 5) is 21.7. The van der Waals surface area contributed by atoms with Gasteiger partial charge in [-0.1, -0.05) is 11.8 Å². The molecule has 1 rings (SSSR count). The molecule has 0 aromatic carbocycles. The van der Waals surface area contributed by atoms with Gasteiger partial charge in [0.15, 0.2) is 0 Å². The van der Waals surface area contributed by atoms with Gasteiger partial charge < -0.3 is 14.8 Å². The number of esters is 1. The van der Waals surface area contributed by atoms with Crippen molar-refractivity contribution in [3.05, 3.63) is 11.0 Å². The maximum Gasteiger partial charge on any atom is 0.447 e. The molecule has 0 saturated carbocycles. The van der Waals surface area contributed by atoms with Crippen molar-refractivity contribution in [1.29, 1.82) is 0 Å². The molecular formula is C8H8F3NO4S. The average molecular weight is 271 g/mol. The number of hydrogen-bond donors (Lipinski definition) is 1. The third-order valence-electron chi connectivity index (χ3n) is 1.87. The van der Waals surface area contributed by atoms with E-state index in [1.807, 2.05) is 0 Å². The van der Waals surface area contributed by atoms with Gasteiger partial charge in [-0.15, -0.1) is 0 Å². The van der Waals surface area contributed by atoms with Crippen molar-refractivity contribution in [3.63, 3.8) is 0 Å². The summed E-state index contributed by atoms with van der Waals surface area (Å²) in [6, 6.07) is 0. The molecule has 0 aromatic rings. The molecular weight excluding hydrogens is 263 g/mol. The molecule has 5 nitrogen and oxygen atoms in total. The quantitative estimate of drug-likeness (QED) is 0.593. The van der Waals surface area contributed by atoms with E-state index in [1.54, 1.807) is 5.32 Å². The smallest absolute Gasteiger partial charge is 0.447 e. The molecule has 1 heterocycles. The van der Waals surface area contributed by atoms with Crippen LogP contribution < -0.4 is 5.32 Å². The number of carbonyl (C=O) groups is 2. The van der Waals surface area contributed by atoms with E-state index in [1.165, 1.54) is 0 Å². The van der Waals surface area contributed by atoms with E-state index in [4.69, 9.17) is 0 Å². The van der Waals surface area contributed by atoms with Crippen molar-refractivity contribution in [1.82, 2.24) is 5.32 Å². The maximum absolute atomic E-state index is 12.7. The van der Waals surface area contributed by atoms with Crippen molar-refractivity contribution in [2.45, 2.75) is 11.2 Å². The lowest BCUT2D eigenvalue weighted by atomic mass is 10.4. The second-order valence-electron chi connectivity index (χ2n) is 2.91. The largest absolute Gasteiger partial charge is 0.466 e. The first-order chi connectivity index (χ1) is 7.75. The highest BCUT2D eigenvalue weighted by Crippen LogP contribution is 2.47. The van der Waals surface area contributed by atoms with Crippen molar-refractivity contribution < 1.29 is 32.2 Å². The minimum Gasteiger partial charge on any atom is -0.466 e. The Bertz CT molecular complexity index is 381. The number of halogens is 3. The van der Waals surface area contributed by atoms with Crippen LogP contribution in [0.15, 0.2) is 11.0 Å². The number of amides is 1. The minimum atomic E-state index is -4.81. The number of alkyl halides is 3. The Labute approximate surface area is 98.3 Å². The van der Waals surface area contributed by atoms with Crippen molar-refractivity contribution >= 4 is 23.6 Å². The molecule has 0 aromatic heterocycles. The summed E-state index contributed by atoms with van der Waals surface area (Å²) >= 11 is 0.0693. The van der Waals surface area contributed by atoms with Crippen LogP contribution in [0.4, 0.5) is 13.2 Å². The van der Waals surface area contributed by atoms with Crippen LogP contribution in [-0.4, -0.2) is 37.3 Å². The highest BCUT2D eigenvalue weighted by molar-refractivity contribution is 8.05. The summed E-state index contributed by atoms with van der Waals surface area (Å²) in [5, 5.41) is -1.22. The van der Waals surface area contributed by atoms with E-state index in [0.717, 1.165) is 14.2 Å². The third kappa shape index (κ3) is 2.55. The number of carbonyl (C=O) groups excluding carboxylic acids is 2. The summed E-state index contributed by atoms with van der Waals surface area (Å²) < 4.78 is 46.5. The second-order valence-corrected chi connectivity index (χ2v) is 4.13. The van der Waals surface area contributed by atoms with Crippen LogP contribution in [-0.2, 0) is 19.1 Å². The molecule has 9 heteroatoms. The van der Waals surface area contributed by atoms with Gasteiger partial charge in [0.1, 0.15) is 0 Å². The Morgan fingerprint density at radius 2 is 2.06 bits per heavy atom. The van der Waals surface area contributed by atoms with Gasteiger partial charge in [-0.05, 0) is 0 Å². The summed E-state index contributed by atoms with van der Waals surface area (Å²) in [6.45, 7) is 0. The predicted octanol–water partition coefficient (Wildman–Crippen LogP) is 0.769. The SMILES string of the molecule is COC(=O)/C=C1/S[C@](OC)(C(F)(F)F)NC1=O. The van der Waals surface area contributed by atoms with Crippen molar-refractivity contribution in [2.75, 3.05) is 14.2 Å². The normalized spacial score (nSPS) is 27.1. The van der Waals surface area contributed by atoms with Crippen LogP contribution in [0.2, 0.25) is 0 Å². The fourth-order valence-corrected chi connectivity index (χ4v) is 1.99. The van der Waals surface area contributed by atoms with E-state index in [0.29, 0.717) is 6.08 Å². The zero-order valence-electron chi connectivity index (χ0n) is 8.75. The fraction of sp³-hybridized carbons (Fsp3) is 0.500. The van der Waals surface area contributed by atoms with E-state index >= 15 is 0 Å². The van der Waals surface area contributed by atoms with Crippen LogP contribution in [0.1, 0.15) is 0 Å². The molecule has 1 aliphatic rings. The van der Waals surface area contributed by atoms with Crippen LogP contribution in [0, 0.1) is 0 Å². The van der Waals surface area contributed by atoms with Crippen LogP contribution in [0.5, 0.6) is 0 Å². The third-order valence-corrected chi connectivity index (χ3v) is 3.18. The standard InChI is InChI=1S/C8H8F3NO4S/c1-15-5(13)3-4-6(14)12-8(16-2,17-4)7(9,10)11/h3H,1-2H3,(H,12,14)/b4-3+/t8-/m1/s1. The summed E-state index contributed by atoms with van der Waals surface area (Å²) in [7, 11) is 1.85. The molecule has 17 heavy (non-hydrogen) atoms. The number of thioether (sulfide) groups is 1. The summed E-state index contributed by atoms with van der Waals surface area (Å²) in [5.41, 5.74) is 0. The van der Waals surface area contributed by atoms with Crippen LogP contribution in [0.3, 0.4) is 0 Å². The molecule has 0 unspecified atom stereocenters. The van der Waals surface area contributed by atoms with E-state index in [-0.39, 0.29) is 11.8 Å². The minimum absolute atomic E-state index is 0.0693. The van der Waals surface area contributed by atoms with Gasteiger partial charge in [-0.25, -0.2) is 4.79 Å². The van der Waals surface area contributed by atoms with Gasteiger partial charge >= 0.3 is 12.1 Å². The number of methoxy groups -OCH3 is 2. The summed E-state index contributed by atoms with van der Waals surface area (Å²) in [6.07, 6.45) is -4.14. The predicted molar refractivity (Wildman–Crippen MR) is 51.6 cm³/mol. The molecule has 0 aliphatic carbocycles. The van der Waals surface area contributed by atoms with Crippen LogP contribution >= 0.6 is 11.8 Å². The average Bonchev–Trinajstić information content (AvgIpc) is 2.56. The lowest BCUT2D eigenvalue weighted by Crippen LogP contribution is -2.53. The number of rotatable bonds is 2. The highest BCUT2D eigenvalue weighted by Gasteiger charge is 2.62. The van der Waals surface area contributed by atoms with Crippen molar-refractivity contribution in [2.24, 2.45) is 0 Å². The molecule has 1 aliphatic heterocycles. The molecule has 1 amide bonds. The Kier molecular flexibility index (Phi) is 3.72. The Balaban J connectivity index is 3.03. The molecule has 1 N–H and O–H groups in total. The van der Waals surface area contributed by atoms with Gasteiger partial charge in [-0.2, -0.15) is 13.2 Å². The number of ether oxygens (including phenoxy) is 2. The van der Waals surface area contributed by atoms with Gasteiger partial charge in [0.05, 0.1) is 12.0 Å². The Morgan fingerprint density at radius 1 is 1.47 bits per heavy atom. The van der Waals surface area contributed by atoms with Gasteiger partial charge in [0, 0.05) is 13.2 Å². The zero-order valence-corrected chi connectivity index (χ0v) is 9.57. The monoisotopic (exact) mass is 271 g/mol. The van der Waals surface area contributed by atoms with Gasteiger partial charge in [0.2, 0.25) is 0 Å². The highest BCUT2D eigenvalue weighted by atomic mass is 32.2. The summed E-state index contributed by atoms with van der Waals surface area (Å²) in [5.74, 6) is -1.96. The molecule has 0 bridgehead atoms. The molecule has 1 atom stereocenters. The molecule has 0 radical (unpaired) electrons. The topological polar surface area (TPSA) is 64.6 Å². The number of hydrogen-bond acceptors (Lipinski definition) is 5. The van der Waals surface area contributed by atoms with Gasteiger partial charge in [-0.3, -0.25) is 4.79 Å². The molecule has 0 spiro atoms. The van der Waals surface area contributed by atoms with E-state index in [2.05, 4.69) is 9.47 Å². The fourth-order valence-electron chi connectivity index (χ4n) is 1.04. The lowest BCUT2D eigenvalue weighted by molar-refractivity contribution is -0.237. The Hall–Kier alpha value is -1.22. The molecule has 1 fully saturated rings. The second kappa shape index (κ2) is 4.57. The van der Waals surface area contributed by atoms with E-state index < -0.39 is 28.0 Å². The molecule has 1 saturated heterocycles. The number of nitrogens with one attached hydrogen (secondary N) is 1. The first kappa shape index (κ1) is 13.8. The van der Waals surface area contributed by atoms with Crippen molar-refractivity contribution in [3.8, 4) is 0 Å². The maximum atomic E-state index is 12.7. The first-order valence-corrected chi connectivity index (χ1v) is 5.00. The first-order valence-electron chi connectivity index (χ1n) is 4.19. The van der Waals surface area contributed by atoms with Gasteiger partial charge in [0.25, 0.3) is 11.0 Å². The zero-order chi connectivity index (χ0) is 13.3. The van der Waals surface area contributed by atoms with E-state index in [9.17, 15) is 22.8 Å².